The molecule has 0 amide bonds. The number of aliphatic hydroxyl groups is 2. The van der Waals surface area contributed by atoms with Gasteiger partial charge < -0.3 is 20.7 Å². The highest BCUT2D eigenvalue weighted by molar-refractivity contribution is 5.70. The van der Waals surface area contributed by atoms with Crippen LogP contribution in [0, 0.1) is 0 Å². The van der Waals surface area contributed by atoms with E-state index < -0.39 is 42.4 Å². The number of nitrogens with two attached hydrogens (primary N) is 1. The van der Waals surface area contributed by atoms with Crippen LogP contribution in [-0.4, -0.2) is 60.4 Å². The van der Waals surface area contributed by atoms with E-state index in [-0.39, 0.29) is 17.1 Å². The number of imidazole rings is 1. The van der Waals surface area contributed by atoms with Gasteiger partial charge in [0.2, 0.25) is 11.5 Å². The average molecular weight is 353 g/mol. The highest BCUT2D eigenvalue weighted by Gasteiger charge is 2.73. The van der Waals surface area contributed by atoms with Crippen molar-refractivity contribution in [2.24, 2.45) is 0 Å². The predicted octanol–water partition coefficient (Wildman–Crippen LogP) is -0.777. The summed E-state index contributed by atoms with van der Waals surface area (Å²) in [5.41, 5.74) is 0.278. The fourth-order valence-corrected chi connectivity index (χ4v) is 2.53. The van der Waals surface area contributed by atoms with Crippen molar-refractivity contribution in [3.8, 4) is 0 Å². The molecule has 2 aromatic heterocycles. The summed E-state index contributed by atoms with van der Waals surface area (Å²) in [5, 5.41) is 18.8. The zero-order valence-corrected chi connectivity index (χ0v) is 11.7. The number of halogens is 4. The Kier molecular flexibility index (Phi) is 3.54. The lowest BCUT2D eigenvalue weighted by Gasteiger charge is -2.31. The van der Waals surface area contributed by atoms with Gasteiger partial charge in [-0.1, -0.05) is 0 Å². The molecular weight excluding hydrogens is 342 g/mol. The summed E-state index contributed by atoms with van der Waals surface area (Å²) in [6.45, 7) is -1.74. The molecule has 0 bridgehead atoms. The van der Waals surface area contributed by atoms with Crippen LogP contribution in [0.4, 0.5) is 23.5 Å². The van der Waals surface area contributed by atoms with Gasteiger partial charge >= 0.3 is 5.92 Å². The number of nitrogens with one attached hydrogen (secondary N) is 1. The Hall–Kier alpha value is -2.25. The maximum absolute atomic E-state index is 14.1. The van der Waals surface area contributed by atoms with Crippen molar-refractivity contribution in [3.63, 3.8) is 0 Å². The molecule has 1 saturated heterocycles. The number of hydrogen-bond acceptors (Lipinski definition) is 7. The van der Waals surface area contributed by atoms with Crippen LogP contribution < -0.4 is 11.3 Å². The minimum absolute atomic E-state index is 0.318. The third kappa shape index (κ3) is 1.94. The maximum Gasteiger partial charge on any atom is 0.314 e. The molecule has 0 aliphatic carbocycles. The molecule has 9 nitrogen and oxygen atoms in total. The zero-order chi connectivity index (χ0) is 17.9. The first kappa shape index (κ1) is 16.6. The Balaban J connectivity index is 2.16. The van der Waals surface area contributed by atoms with Crippen molar-refractivity contribution in [1.82, 2.24) is 19.5 Å². The molecule has 0 radical (unpaired) electrons. The molecule has 3 heterocycles. The molecule has 1 aliphatic heterocycles. The van der Waals surface area contributed by atoms with Crippen molar-refractivity contribution < 1.29 is 32.5 Å². The fraction of sp³-hybridized carbons (Fsp3) is 0.545. The fourth-order valence-electron chi connectivity index (χ4n) is 2.53. The van der Waals surface area contributed by atoms with E-state index in [2.05, 4.69) is 19.7 Å². The van der Waals surface area contributed by atoms with E-state index in [1.54, 1.807) is 0 Å². The van der Waals surface area contributed by atoms with Gasteiger partial charge in [0, 0.05) is 0 Å². The molecule has 132 valence electrons. The monoisotopic (exact) mass is 353 g/mol. The van der Waals surface area contributed by atoms with Crippen LogP contribution >= 0.6 is 0 Å². The van der Waals surface area contributed by atoms with Crippen molar-refractivity contribution in [3.05, 3.63) is 16.7 Å². The molecule has 1 unspecified atom stereocenters. The molecule has 0 spiro atoms. The number of rotatable bonds is 3. The van der Waals surface area contributed by atoms with Gasteiger partial charge in [0.15, 0.2) is 23.5 Å². The average Bonchev–Trinajstić information content (AvgIpc) is 2.98. The van der Waals surface area contributed by atoms with Crippen LogP contribution in [0.25, 0.3) is 11.2 Å². The van der Waals surface area contributed by atoms with Crippen molar-refractivity contribution in [1.29, 1.82) is 0 Å². The number of aromatic nitrogens is 4. The molecule has 0 saturated carbocycles. The lowest BCUT2D eigenvalue weighted by molar-refractivity contribution is -0.244. The largest absolute Gasteiger partial charge is 0.393 e. The van der Waals surface area contributed by atoms with Crippen LogP contribution in [0.3, 0.4) is 0 Å². The van der Waals surface area contributed by atoms with E-state index in [1.165, 1.54) is 0 Å². The number of hydrogen-bond donors (Lipinski definition) is 4. The normalized spacial score (nSPS) is 29.6. The second-order valence-electron chi connectivity index (χ2n) is 5.20. The van der Waals surface area contributed by atoms with Crippen molar-refractivity contribution >= 4 is 17.1 Å². The molecule has 5 N–H and O–H groups in total. The van der Waals surface area contributed by atoms with Crippen LogP contribution in [0.1, 0.15) is 6.23 Å². The summed E-state index contributed by atoms with van der Waals surface area (Å²) in [4.78, 5) is 21.1. The van der Waals surface area contributed by atoms with Crippen molar-refractivity contribution in [2.45, 2.75) is 30.3 Å². The second-order valence-corrected chi connectivity index (χ2v) is 5.20. The smallest absolute Gasteiger partial charge is 0.314 e. The number of anilines is 1. The minimum Gasteiger partial charge on any atom is -0.393 e. The number of H-pyrrole nitrogens is 1. The van der Waals surface area contributed by atoms with Crippen LogP contribution in [-0.2, 0) is 4.74 Å². The molecule has 13 heteroatoms. The van der Waals surface area contributed by atoms with Crippen LogP contribution in [0.5, 0.6) is 0 Å². The van der Waals surface area contributed by atoms with Crippen LogP contribution in [0.2, 0.25) is 0 Å². The van der Waals surface area contributed by atoms with E-state index in [9.17, 15) is 27.5 Å². The molecule has 1 fully saturated rings. The number of alkyl halides is 4. The van der Waals surface area contributed by atoms with Gasteiger partial charge in [0.05, 0.1) is 12.9 Å². The summed E-state index contributed by atoms with van der Waals surface area (Å²) in [7, 11) is 0. The summed E-state index contributed by atoms with van der Waals surface area (Å²) >= 11 is 0. The summed E-state index contributed by atoms with van der Waals surface area (Å²) < 4.78 is 59.9. The number of nitrogen functional groups attached to an aromatic ring is 1. The maximum atomic E-state index is 14.1. The van der Waals surface area contributed by atoms with Gasteiger partial charge in [0.1, 0.15) is 0 Å². The highest BCUT2D eigenvalue weighted by atomic mass is 19.3. The second kappa shape index (κ2) is 5.12. The third-order valence-electron chi connectivity index (χ3n) is 3.85. The topological polar surface area (TPSA) is 139 Å². The highest BCUT2D eigenvalue weighted by Crippen LogP contribution is 2.51. The number of fused-ring (bicyclic) bond motifs is 1. The lowest BCUT2D eigenvalue weighted by atomic mass is 9.95. The number of aromatic amines is 1. The Bertz CT molecular complexity index is 839. The van der Waals surface area contributed by atoms with E-state index >= 15 is 0 Å². The quantitative estimate of drug-likeness (QED) is 0.531. The van der Waals surface area contributed by atoms with Gasteiger partial charge in [-0.3, -0.25) is 14.3 Å². The first-order valence-corrected chi connectivity index (χ1v) is 6.50. The summed E-state index contributed by atoms with van der Waals surface area (Å²) in [6, 6.07) is 0. The van der Waals surface area contributed by atoms with Gasteiger partial charge in [-0.25, -0.2) is 13.8 Å². The lowest BCUT2D eigenvalue weighted by Crippen LogP contribution is -2.57. The Labute approximate surface area is 129 Å². The third-order valence-corrected chi connectivity index (χ3v) is 3.85. The van der Waals surface area contributed by atoms with Crippen molar-refractivity contribution in [2.75, 3.05) is 12.3 Å². The minimum atomic E-state index is -4.48. The van der Waals surface area contributed by atoms with E-state index in [4.69, 9.17) is 10.8 Å². The SMILES string of the molecule is Nc1nc2c(ncn2[C@@H]2O[C@@](CO)(C(F)F)C(F)(F)C2O)c(=O)[nH]1. The number of nitrogens with zero attached hydrogens (tertiary/aromatic N) is 3. The molecule has 1 aliphatic rings. The predicted molar refractivity (Wildman–Crippen MR) is 69.5 cm³/mol. The van der Waals surface area contributed by atoms with Gasteiger partial charge in [-0.05, 0) is 0 Å². The Morgan fingerprint density at radius 3 is 2.71 bits per heavy atom. The van der Waals surface area contributed by atoms with Gasteiger partial charge in [0.25, 0.3) is 12.0 Å². The van der Waals surface area contributed by atoms with E-state index in [1.807, 2.05) is 0 Å². The molecule has 0 aromatic carbocycles. The van der Waals surface area contributed by atoms with Crippen LogP contribution in [0.15, 0.2) is 11.1 Å². The number of aliphatic hydroxyl groups excluding tert-OH is 2. The number of ether oxygens (including phenoxy) is 1. The van der Waals surface area contributed by atoms with E-state index in [0.717, 1.165) is 6.33 Å². The van der Waals surface area contributed by atoms with Gasteiger partial charge in [-0.15, -0.1) is 0 Å². The summed E-state index contributed by atoms with van der Waals surface area (Å²) in [5.74, 6) is -4.86. The first-order chi connectivity index (χ1) is 11.2. The summed E-state index contributed by atoms with van der Waals surface area (Å²) in [6.07, 6.45) is -7.80. The standard InChI is InChI=1S/C11H11F4N5O4/c12-8(13)10(1-21)11(14,15)4(22)7(24-10)20-2-17-3-5(20)18-9(16)19-6(3)23/h2,4,7-8,21-22H,1H2,(H3,16,18,19,23)/t4?,7-,10+/m1/s1. The Morgan fingerprint density at radius 1 is 1.50 bits per heavy atom. The first-order valence-electron chi connectivity index (χ1n) is 6.50. The Morgan fingerprint density at radius 2 is 2.17 bits per heavy atom. The van der Waals surface area contributed by atoms with Gasteiger partial charge in [-0.2, -0.15) is 13.8 Å². The molecular formula is C11H11F4N5O4. The molecule has 3 atom stereocenters. The van der Waals surface area contributed by atoms with E-state index in [0.29, 0.717) is 4.57 Å². The molecule has 2 aromatic rings. The molecule has 24 heavy (non-hydrogen) atoms. The zero-order valence-electron chi connectivity index (χ0n) is 11.7. The molecule has 3 rings (SSSR count).